The van der Waals surface area contributed by atoms with Gasteiger partial charge in [-0.05, 0) is 44.2 Å². The van der Waals surface area contributed by atoms with Crippen LogP contribution in [0.25, 0.3) is 0 Å². The van der Waals surface area contributed by atoms with Gasteiger partial charge in [0.15, 0.2) is 0 Å². The number of hydrogen-bond donors (Lipinski definition) is 9. The van der Waals surface area contributed by atoms with Crippen LogP contribution in [0.5, 0.6) is 0 Å². The van der Waals surface area contributed by atoms with Crippen molar-refractivity contribution in [3.8, 4) is 0 Å². The molecule has 0 saturated heterocycles. The van der Waals surface area contributed by atoms with E-state index in [-0.39, 0.29) is 18.8 Å². The molecule has 0 unspecified atom stereocenters. The minimum Gasteiger partial charge on any atom is -0.480 e. The molecule has 0 saturated carbocycles. The summed E-state index contributed by atoms with van der Waals surface area (Å²) in [6, 6.07) is 2.99. The molecular formula is C30H48N8O8. The van der Waals surface area contributed by atoms with E-state index in [1.165, 1.54) is 6.92 Å². The normalized spacial score (nSPS) is 14.7. The van der Waals surface area contributed by atoms with E-state index < -0.39 is 84.6 Å². The van der Waals surface area contributed by atoms with Crippen LogP contribution in [-0.2, 0) is 40.0 Å². The molecule has 0 heterocycles. The minimum atomic E-state index is -1.26. The Kier molecular flexibility index (Phi) is 17.5. The molecule has 46 heavy (non-hydrogen) atoms. The highest BCUT2D eigenvalue weighted by Crippen LogP contribution is 2.10. The predicted octanol–water partition coefficient (Wildman–Crippen LogP) is -2.23. The third-order valence-electron chi connectivity index (χ3n) is 7.22. The number of hydrogen-bond acceptors (Lipinski definition) is 9. The van der Waals surface area contributed by atoms with E-state index in [0.717, 1.165) is 0 Å². The molecular weight excluding hydrogens is 600 g/mol. The summed E-state index contributed by atoms with van der Waals surface area (Å²) in [5.74, 6) is -5.97. The van der Waals surface area contributed by atoms with Crippen LogP contribution < -0.4 is 43.8 Å². The van der Waals surface area contributed by atoms with Crippen LogP contribution in [0.1, 0.15) is 58.4 Å². The number of nitrogens with two attached hydrogens (primary N) is 3. The fraction of sp³-hybridized carbons (Fsp3) is 0.567. The lowest BCUT2D eigenvalue weighted by Crippen LogP contribution is -2.58. The Hall–Kier alpha value is -4.57. The van der Waals surface area contributed by atoms with E-state index in [0.29, 0.717) is 31.4 Å². The van der Waals surface area contributed by atoms with Crippen LogP contribution in [0.3, 0.4) is 0 Å². The first-order valence-corrected chi connectivity index (χ1v) is 15.2. The number of aliphatic carboxylic acids is 1. The standard InChI is InChI=1S/C30H48N8O8/c1-4-17(2)25(29(44)37-22(30(45)46)14-19-10-6-5-7-11-19)38-26(41)18(3)35-24(40)16-34-28(43)21(12-8-9-13-31)36-27(42)20(32)15-23(33)39/h5-7,10-11,17-18,20-22,25H,4,8-9,12-16,31-32H2,1-3H3,(H2,33,39)(H,34,43)(H,35,40)(H,36,42)(H,37,44)(H,38,41)(H,45,46)/t17-,18-,20-,21-,22-,25-/m0/s1. The van der Waals surface area contributed by atoms with Gasteiger partial charge in [0.2, 0.25) is 35.4 Å². The van der Waals surface area contributed by atoms with Gasteiger partial charge in [0, 0.05) is 6.42 Å². The summed E-state index contributed by atoms with van der Waals surface area (Å²) in [7, 11) is 0. The van der Waals surface area contributed by atoms with E-state index in [4.69, 9.17) is 17.2 Å². The molecule has 0 aliphatic rings. The molecule has 256 valence electrons. The third-order valence-corrected chi connectivity index (χ3v) is 7.22. The highest BCUT2D eigenvalue weighted by molar-refractivity contribution is 5.95. The second-order valence-corrected chi connectivity index (χ2v) is 11.1. The zero-order chi connectivity index (χ0) is 34.8. The fourth-order valence-electron chi connectivity index (χ4n) is 4.29. The van der Waals surface area contributed by atoms with Crippen LogP contribution >= 0.6 is 0 Å². The first-order valence-electron chi connectivity index (χ1n) is 15.2. The molecule has 16 nitrogen and oxygen atoms in total. The third kappa shape index (κ3) is 14.5. The lowest BCUT2D eigenvalue weighted by atomic mass is 9.97. The Morgan fingerprint density at radius 3 is 2.02 bits per heavy atom. The van der Waals surface area contributed by atoms with Crippen LogP contribution in [0.4, 0.5) is 0 Å². The number of carboxylic acids is 1. The van der Waals surface area contributed by atoms with Crippen molar-refractivity contribution in [1.82, 2.24) is 26.6 Å². The summed E-state index contributed by atoms with van der Waals surface area (Å²) in [5, 5.41) is 22.0. The highest BCUT2D eigenvalue weighted by atomic mass is 16.4. The maximum atomic E-state index is 13.1. The number of amides is 6. The number of primary amides is 1. The largest absolute Gasteiger partial charge is 0.480 e. The molecule has 0 aliphatic carbocycles. The topological polar surface area (TPSA) is 278 Å². The number of carbonyl (C=O) groups is 7. The molecule has 0 aliphatic heterocycles. The van der Waals surface area contributed by atoms with Crippen molar-refractivity contribution in [3.63, 3.8) is 0 Å². The summed E-state index contributed by atoms with van der Waals surface area (Å²) in [6.07, 6.45) is 1.34. The maximum Gasteiger partial charge on any atom is 0.326 e. The second kappa shape index (κ2) is 20.5. The van der Waals surface area contributed by atoms with Crippen LogP contribution in [-0.4, -0.2) is 89.8 Å². The number of nitrogens with one attached hydrogen (secondary N) is 5. The van der Waals surface area contributed by atoms with E-state index in [1.807, 2.05) is 0 Å². The van der Waals surface area contributed by atoms with Gasteiger partial charge in [-0.15, -0.1) is 0 Å². The molecule has 1 aromatic carbocycles. The molecule has 0 bridgehead atoms. The van der Waals surface area contributed by atoms with Crippen molar-refractivity contribution in [2.75, 3.05) is 13.1 Å². The molecule has 12 N–H and O–H groups in total. The summed E-state index contributed by atoms with van der Waals surface area (Å²) in [6.45, 7) is 4.73. The van der Waals surface area contributed by atoms with Crippen molar-refractivity contribution in [1.29, 1.82) is 0 Å². The van der Waals surface area contributed by atoms with Crippen molar-refractivity contribution < 1.29 is 38.7 Å². The Bertz CT molecular complexity index is 1200. The van der Waals surface area contributed by atoms with Crippen molar-refractivity contribution >= 4 is 41.4 Å². The average Bonchev–Trinajstić information content (AvgIpc) is 3.01. The highest BCUT2D eigenvalue weighted by Gasteiger charge is 2.31. The van der Waals surface area contributed by atoms with Gasteiger partial charge in [-0.3, -0.25) is 28.8 Å². The number of benzene rings is 1. The monoisotopic (exact) mass is 648 g/mol. The van der Waals surface area contributed by atoms with Crippen molar-refractivity contribution in [3.05, 3.63) is 35.9 Å². The first-order chi connectivity index (χ1) is 21.7. The van der Waals surface area contributed by atoms with E-state index in [1.54, 1.807) is 44.2 Å². The smallest absolute Gasteiger partial charge is 0.326 e. The van der Waals surface area contributed by atoms with E-state index in [9.17, 15) is 38.7 Å². The summed E-state index contributed by atoms with van der Waals surface area (Å²) in [5.41, 5.74) is 16.9. The Balaban J connectivity index is 2.79. The Morgan fingerprint density at radius 1 is 0.826 bits per heavy atom. The second-order valence-electron chi connectivity index (χ2n) is 11.1. The lowest BCUT2D eigenvalue weighted by molar-refractivity contribution is -0.142. The van der Waals surface area contributed by atoms with Crippen molar-refractivity contribution in [2.45, 2.75) is 89.5 Å². The summed E-state index contributed by atoms with van der Waals surface area (Å²) in [4.78, 5) is 86.8. The first kappa shape index (κ1) is 39.5. The fourth-order valence-corrected chi connectivity index (χ4v) is 4.29. The SMILES string of the molecule is CC[C@H](C)[C@H](NC(=O)[C@H](C)NC(=O)CNC(=O)[C@H](CCCCN)NC(=O)[C@@H](N)CC(N)=O)C(=O)N[C@@H](Cc1ccccc1)C(=O)O. The molecule has 0 fully saturated rings. The van der Waals surface area contributed by atoms with Gasteiger partial charge in [-0.25, -0.2) is 4.79 Å². The molecule has 0 aromatic heterocycles. The van der Waals surface area contributed by atoms with Gasteiger partial charge in [-0.2, -0.15) is 0 Å². The van der Waals surface area contributed by atoms with Crippen LogP contribution in [0.15, 0.2) is 30.3 Å². The molecule has 16 heteroatoms. The molecule has 6 atom stereocenters. The Labute approximate surface area is 268 Å². The quantitative estimate of drug-likeness (QED) is 0.0647. The van der Waals surface area contributed by atoms with Gasteiger partial charge in [-0.1, -0.05) is 50.6 Å². The zero-order valence-electron chi connectivity index (χ0n) is 26.5. The number of carbonyl (C=O) groups excluding carboxylic acids is 6. The van der Waals surface area contributed by atoms with Crippen molar-refractivity contribution in [2.24, 2.45) is 23.1 Å². The maximum absolute atomic E-state index is 13.1. The van der Waals surface area contributed by atoms with Gasteiger partial charge in [0.25, 0.3) is 0 Å². The Morgan fingerprint density at radius 2 is 1.46 bits per heavy atom. The van der Waals surface area contributed by atoms with Gasteiger partial charge < -0.3 is 48.9 Å². The number of carboxylic acid groups (broad SMARTS) is 1. The summed E-state index contributed by atoms with van der Waals surface area (Å²) >= 11 is 0. The minimum absolute atomic E-state index is 0.0407. The predicted molar refractivity (Wildman–Crippen MR) is 168 cm³/mol. The van der Waals surface area contributed by atoms with Crippen LogP contribution in [0, 0.1) is 5.92 Å². The number of unbranched alkanes of at least 4 members (excludes halogenated alkanes) is 1. The molecule has 0 spiro atoms. The van der Waals surface area contributed by atoms with E-state index in [2.05, 4.69) is 26.6 Å². The number of rotatable bonds is 21. The van der Waals surface area contributed by atoms with Gasteiger partial charge in [0.05, 0.1) is 19.0 Å². The molecule has 0 radical (unpaired) electrons. The zero-order valence-corrected chi connectivity index (χ0v) is 26.5. The van der Waals surface area contributed by atoms with Gasteiger partial charge >= 0.3 is 5.97 Å². The summed E-state index contributed by atoms with van der Waals surface area (Å²) < 4.78 is 0. The van der Waals surface area contributed by atoms with Gasteiger partial charge in [0.1, 0.15) is 24.2 Å². The molecule has 1 aromatic rings. The lowest BCUT2D eigenvalue weighted by Gasteiger charge is -2.27. The molecule has 6 amide bonds. The van der Waals surface area contributed by atoms with Crippen LogP contribution in [0.2, 0.25) is 0 Å². The van der Waals surface area contributed by atoms with E-state index >= 15 is 0 Å². The molecule has 1 rings (SSSR count). The average molecular weight is 649 g/mol.